The lowest BCUT2D eigenvalue weighted by Gasteiger charge is -2.09. The first kappa shape index (κ1) is 14.4. The van der Waals surface area contributed by atoms with Gasteiger partial charge in [0.05, 0.1) is 5.69 Å². The molecule has 0 aliphatic carbocycles. The number of ether oxygens (including phenoxy) is 1. The first-order valence-corrected chi connectivity index (χ1v) is 6.20. The maximum atomic E-state index is 13.6. The number of carbonyl (C=O) groups is 1. The van der Waals surface area contributed by atoms with Gasteiger partial charge in [0.1, 0.15) is 5.56 Å². The molecule has 1 aromatic carbocycles. The molecule has 2 rings (SSSR count). The van der Waals surface area contributed by atoms with Gasteiger partial charge in [-0.15, -0.1) is 0 Å². The molecule has 0 saturated carbocycles. The summed E-state index contributed by atoms with van der Waals surface area (Å²) >= 11 is 3.01. The molecule has 1 N–H and O–H groups in total. The standard InChI is InChI=1S/C12H9BrF2N2O3/c1-5-9(12(18)19)11(17(2)16-5)20-8-4-6(13)3-7(14)10(8)15/h3-4H,1-2H3,(H,18,19). The zero-order valence-corrected chi connectivity index (χ0v) is 12.0. The van der Waals surface area contributed by atoms with Gasteiger partial charge in [-0.2, -0.15) is 9.49 Å². The third-order valence-electron chi connectivity index (χ3n) is 2.55. The highest BCUT2D eigenvalue weighted by atomic mass is 79.9. The van der Waals surface area contributed by atoms with Crippen LogP contribution >= 0.6 is 15.9 Å². The molecule has 1 heterocycles. The van der Waals surface area contributed by atoms with Crippen molar-refractivity contribution >= 4 is 21.9 Å². The number of hydrogen-bond donors (Lipinski definition) is 1. The molecular weight excluding hydrogens is 338 g/mol. The first-order valence-electron chi connectivity index (χ1n) is 5.40. The number of carboxylic acid groups (broad SMARTS) is 1. The van der Waals surface area contributed by atoms with E-state index < -0.39 is 23.4 Å². The maximum absolute atomic E-state index is 13.6. The number of aryl methyl sites for hydroxylation is 2. The molecule has 0 radical (unpaired) electrons. The molecule has 5 nitrogen and oxygen atoms in total. The second kappa shape index (κ2) is 5.20. The van der Waals surface area contributed by atoms with Crippen molar-refractivity contribution in [2.24, 2.45) is 7.05 Å². The van der Waals surface area contributed by atoms with Crippen LogP contribution in [0.4, 0.5) is 8.78 Å². The second-order valence-electron chi connectivity index (χ2n) is 4.00. The zero-order valence-electron chi connectivity index (χ0n) is 10.4. The monoisotopic (exact) mass is 346 g/mol. The largest absolute Gasteiger partial charge is 0.477 e. The number of benzene rings is 1. The molecule has 0 unspecified atom stereocenters. The van der Waals surface area contributed by atoms with Crippen molar-refractivity contribution in [3.05, 3.63) is 39.5 Å². The molecule has 0 bridgehead atoms. The van der Waals surface area contributed by atoms with Gasteiger partial charge in [-0.25, -0.2) is 13.9 Å². The van der Waals surface area contributed by atoms with Crippen molar-refractivity contribution in [3.63, 3.8) is 0 Å². The summed E-state index contributed by atoms with van der Waals surface area (Å²) in [6.45, 7) is 1.48. The van der Waals surface area contributed by atoms with Crippen LogP contribution in [0.1, 0.15) is 16.1 Å². The van der Waals surface area contributed by atoms with Gasteiger partial charge in [0.25, 0.3) is 0 Å². The first-order chi connectivity index (χ1) is 9.31. The minimum Gasteiger partial charge on any atom is -0.477 e. The quantitative estimate of drug-likeness (QED) is 0.866. The van der Waals surface area contributed by atoms with Crippen LogP contribution < -0.4 is 4.74 Å². The summed E-state index contributed by atoms with van der Waals surface area (Å²) in [5.74, 6) is -4.18. The Morgan fingerprint density at radius 2 is 2.10 bits per heavy atom. The maximum Gasteiger partial charge on any atom is 0.343 e. The highest BCUT2D eigenvalue weighted by Gasteiger charge is 2.23. The number of hydrogen-bond acceptors (Lipinski definition) is 3. The van der Waals surface area contributed by atoms with Crippen LogP contribution in [0.15, 0.2) is 16.6 Å². The lowest BCUT2D eigenvalue weighted by Crippen LogP contribution is -2.03. The Kier molecular flexibility index (Phi) is 3.76. The summed E-state index contributed by atoms with van der Waals surface area (Å²) in [5, 5.41) is 13.0. The van der Waals surface area contributed by atoms with E-state index in [1.165, 1.54) is 20.0 Å². The van der Waals surface area contributed by atoms with Gasteiger partial charge in [0.2, 0.25) is 11.7 Å². The second-order valence-corrected chi connectivity index (χ2v) is 4.91. The fourth-order valence-corrected chi connectivity index (χ4v) is 2.12. The van der Waals surface area contributed by atoms with E-state index in [9.17, 15) is 13.6 Å². The lowest BCUT2D eigenvalue weighted by molar-refractivity contribution is 0.0693. The summed E-state index contributed by atoms with van der Waals surface area (Å²) in [6, 6.07) is 2.14. The lowest BCUT2D eigenvalue weighted by atomic mass is 10.2. The minimum absolute atomic E-state index is 0.175. The van der Waals surface area contributed by atoms with Crippen LogP contribution in [0.5, 0.6) is 11.6 Å². The van der Waals surface area contributed by atoms with Crippen LogP contribution in [-0.4, -0.2) is 20.9 Å². The fraction of sp³-hybridized carbons (Fsp3) is 0.167. The van der Waals surface area contributed by atoms with Crippen molar-refractivity contribution in [2.45, 2.75) is 6.92 Å². The van der Waals surface area contributed by atoms with Gasteiger partial charge >= 0.3 is 5.97 Å². The average molecular weight is 347 g/mol. The van der Waals surface area contributed by atoms with Crippen molar-refractivity contribution in [1.29, 1.82) is 0 Å². The van der Waals surface area contributed by atoms with Gasteiger partial charge in [-0.05, 0) is 19.1 Å². The van der Waals surface area contributed by atoms with Crippen molar-refractivity contribution in [2.75, 3.05) is 0 Å². The number of aromatic carboxylic acids is 1. The van der Waals surface area contributed by atoms with Gasteiger partial charge in [-0.1, -0.05) is 15.9 Å². The van der Waals surface area contributed by atoms with Gasteiger partial charge < -0.3 is 9.84 Å². The van der Waals surface area contributed by atoms with Gasteiger partial charge in [0, 0.05) is 11.5 Å². The molecule has 0 aliphatic heterocycles. The third kappa shape index (κ3) is 2.51. The minimum atomic E-state index is -1.26. The normalized spacial score (nSPS) is 10.7. The molecule has 0 aliphatic rings. The Balaban J connectivity index is 2.53. The number of rotatable bonds is 3. The van der Waals surface area contributed by atoms with E-state index in [1.54, 1.807) is 0 Å². The predicted molar refractivity (Wildman–Crippen MR) is 69.0 cm³/mol. The SMILES string of the molecule is Cc1nn(C)c(Oc2cc(Br)cc(F)c2F)c1C(=O)O. The topological polar surface area (TPSA) is 64.4 Å². The summed E-state index contributed by atoms with van der Waals surface area (Å²) < 4.78 is 33.5. The highest BCUT2D eigenvalue weighted by Crippen LogP contribution is 2.32. The summed E-state index contributed by atoms with van der Waals surface area (Å²) in [5.41, 5.74) is 0.0122. The van der Waals surface area contributed by atoms with Crippen LogP contribution in [0.2, 0.25) is 0 Å². The van der Waals surface area contributed by atoms with E-state index in [2.05, 4.69) is 21.0 Å². The van der Waals surface area contributed by atoms with Crippen LogP contribution in [-0.2, 0) is 7.05 Å². The summed E-state index contributed by atoms with van der Waals surface area (Å²) in [4.78, 5) is 11.2. The molecule has 2 aromatic rings. The predicted octanol–water partition coefficient (Wildman–Crippen LogP) is 3.26. The highest BCUT2D eigenvalue weighted by molar-refractivity contribution is 9.10. The fourth-order valence-electron chi connectivity index (χ4n) is 1.71. The smallest absolute Gasteiger partial charge is 0.343 e. The van der Waals surface area contributed by atoms with Crippen LogP contribution in [0.25, 0.3) is 0 Å². The molecule has 106 valence electrons. The zero-order chi connectivity index (χ0) is 15.0. The number of halogens is 3. The van der Waals surface area contributed by atoms with Gasteiger partial charge in [0.15, 0.2) is 11.6 Å². The Bertz CT molecular complexity index is 700. The Morgan fingerprint density at radius 3 is 2.70 bits per heavy atom. The molecule has 0 fully saturated rings. The van der Waals surface area contributed by atoms with Gasteiger partial charge in [-0.3, -0.25) is 0 Å². The molecule has 8 heteroatoms. The van der Waals surface area contributed by atoms with Crippen molar-refractivity contribution < 1.29 is 23.4 Å². The number of carboxylic acids is 1. The van der Waals surface area contributed by atoms with Crippen molar-refractivity contribution in [3.8, 4) is 11.6 Å². The van der Waals surface area contributed by atoms with Crippen LogP contribution in [0.3, 0.4) is 0 Å². The van der Waals surface area contributed by atoms with E-state index in [-0.39, 0.29) is 21.6 Å². The van der Waals surface area contributed by atoms with Crippen LogP contribution in [0, 0.1) is 18.6 Å². The number of nitrogens with zero attached hydrogens (tertiary/aromatic N) is 2. The summed E-state index contributed by atoms with van der Waals surface area (Å²) in [7, 11) is 1.45. The molecule has 1 aromatic heterocycles. The average Bonchev–Trinajstić information content (AvgIpc) is 2.60. The Hall–Kier alpha value is -1.96. The summed E-state index contributed by atoms with van der Waals surface area (Å²) in [6.07, 6.45) is 0. The Morgan fingerprint density at radius 1 is 1.45 bits per heavy atom. The number of aromatic nitrogens is 2. The molecule has 0 spiro atoms. The molecular formula is C12H9BrF2N2O3. The van der Waals surface area contributed by atoms with E-state index >= 15 is 0 Å². The molecule has 0 atom stereocenters. The third-order valence-corrected chi connectivity index (χ3v) is 3.01. The van der Waals surface area contributed by atoms with E-state index in [0.717, 1.165) is 10.7 Å². The molecule has 20 heavy (non-hydrogen) atoms. The van der Waals surface area contributed by atoms with E-state index in [4.69, 9.17) is 9.84 Å². The van der Waals surface area contributed by atoms with E-state index in [1.807, 2.05) is 0 Å². The molecule has 0 saturated heterocycles. The Labute approximate surface area is 120 Å². The molecule has 0 amide bonds. The van der Waals surface area contributed by atoms with E-state index in [0.29, 0.717) is 0 Å². The van der Waals surface area contributed by atoms with Crippen molar-refractivity contribution in [1.82, 2.24) is 9.78 Å².